The van der Waals surface area contributed by atoms with Gasteiger partial charge in [0.25, 0.3) is 0 Å². The van der Waals surface area contributed by atoms with Gasteiger partial charge < -0.3 is 10.1 Å². The van der Waals surface area contributed by atoms with Crippen molar-refractivity contribution in [1.82, 2.24) is 5.32 Å². The van der Waals surface area contributed by atoms with E-state index >= 15 is 0 Å². The summed E-state index contributed by atoms with van der Waals surface area (Å²) in [6.45, 7) is 13.5. The second kappa shape index (κ2) is 9.80. The van der Waals surface area contributed by atoms with Crippen LogP contribution in [0.3, 0.4) is 0 Å². The molecule has 2 nitrogen and oxygen atoms in total. The van der Waals surface area contributed by atoms with Crippen molar-refractivity contribution < 1.29 is 4.74 Å². The molecule has 0 aromatic rings. The molecule has 0 aromatic heterocycles. The van der Waals surface area contributed by atoms with Crippen LogP contribution >= 0.6 is 0 Å². The van der Waals surface area contributed by atoms with Crippen molar-refractivity contribution in [2.24, 2.45) is 11.3 Å². The summed E-state index contributed by atoms with van der Waals surface area (Å²) in [6, 6.07) is 0.576. The van der Waals surface area contributed by atoms with E-state index in [2.05, 4.69) is 39.9 Å². The van der Waals surface area contributed by atoms with E-state index in [-0.39, 0.29) is 0 Å². The molecule has 0 rings (SSSR count). The van der Waals surface area contributed by atoms with Gasteiger partial charge in [0.15, 0.2) is 0 Å². The highest BCUT2D eigenvalue weighted by molar-refractivity contribution is 4.86. The lowest BCUT2D eigenvalue weighted by atomic mass is 9.69. The largest absolute Gasteiger partial charge is 0.385 e. The fourth-order valence-corrected chi connectivity index (χ4v) is 2.70. The van der Waals surface area contributed by atoms with Gasteiger partial charge in [0.2, 0.25) is 0 Å². The number of unbranched alkanes of at least 4 members (excludes halogenated alkanes) is 1. The van der Waals surface area contributed by atoms with E-state index in [4.69, 9.17) is 4.74 Å². The Morgan fingerprint density at radius 3 is 2.28 bits per heavy atom. The lowest BCUT2D eigenvalue weighted by Gasteiger charge is -2.40. The molecule has 0 amide bonds. The zero-order chi connectivity index (χ0) is 14.0. The first-order valence-electron chi connectivity index (χ1n) is 7.74. The Morgan fingerprint density at radius 2 is 1.83 bits per heavy atom. The predicted octanol–water partition coefficient (Wildman–Crippen LogP) is 4.24. The molecule has 0 radical (unpaired) electrons. The van der Waals surface area contributed by atoms with Crippen molar-refractivity contribution in [2.45, 2.75) is 72.8 Å². The summed E-state index contributed by atoms with van der Waals surface area (Å²) in [7, 11) is 1.80. The van der Waals surface area contributed by atoms with E-state index in [1.165, 1.54) is 32.1 Å². The molecule has 0 aromatic carbocycles. The average Bonchev–Trinajstić information content (AvgIpc) is 2.36. The zero-order valence-corrected chi connectivity index (χ0v) is 13.5. The lowest BCUT2D eigenvalue weighted by molar-refractivity contribution is 0.0939. The molecule has 2 heteroatoms. The van der Waals surface area contributed by atoms with Gasteiger partial charge in [0, 0.05) is 26.3 Å². The van der Waals surface area contributed by atoms with Crippen molar-refractivity contribution >= 4 is 0 Å². The van der Waals surface area contributed by atoms with Crippen LogP contribution in [-0.4, -0.2) is 26.3 Å². The first-order valence-corrected chi connectivity index (χ1v) is 7.74. The Hall–Kier alpha value is -0.0800. The van der Waals surface area contributed by atoms with E-state index in [9.17, 15) is 0 Å². The Kier molecular flexibility index (Phi) is 9.76. The van der Waals surface area contributed by atoms with Crippen LogP contribution in [0.15, 0.2) is 0 Å². The third-order valence-corrected chi connectivity index (χ3v) is 4.40. The minimum absolute atomic E-state index is 0.443. The number of ether oxygens (including phenoxy) is 1. The lowest BCUT2D eigenvalue weighted by Crippen LogP contribution is -2.42. The van der Waals surface area contributed by atoms with Crippen LogP contribution in [0, 0.1) is 11.3 Å². The van der Waals surface area contributed by atoms with Gasteiger partial charge in [0.1, 0.15) is 0 Å². The molecule has 2 atom stereocenters. The molecular weight excluding hydrogens is 222 g/mol. The van der Waals surface area contributed by atoms with Gasteiger partial charge >= 0.3 is 0 Å². The summed E-state index contributed by atoms with van der Waals surface area (Å²) < 4.78 is 5.26. The molecular formula is C16H35NO. The third kappa shape index (κ3) is 6.19. The maximum absolute atomic E-state index is 5.26. The van der Waals surface area contributed by atoms with Gasteiger partial charge in [0.05, 0.1) is 0 Å². The summed E-state index contributed by atoms with van der Waals surface area (Å²) in [4.78, 5) is 0. The minimum Gasteiger partial charge on any atom is -0.385 e. The summed E-state index contributed by atoms with van der Waals surface area (Å²) in [6.07, 6.45) is 6.40. The first kappa shape index (κ1) is 17.9. The van der Waals surface area contributed by atoms with Crippen LogP contribution in [0.25, 0.3) is 0 Å². The highest BCUT2D eigenvalue weighted by Gasteiger charge is 2.33. The molecule has 18 heavy (non-hydrogen) atoms. The van der Waals surface area contributed by atoms with Gasteiger partial charge in [-0.15, -0.1) is 0 Å². The van der Waals surface area contributed by atoms with Crippen molar-refractivity contribution in [1.29, 1.82) is 0 Å². The molecule has 110 valence electrons. The van der Waals surface area contributed by atoms with Crippen molar-refractivity contribution in [3.63, 3.8) is 0 Å². The summed E-state index contributed by atoms with van der Waals surface area (Å²) in [5.74, 6) is 0.722. The predicted molar refractivity (Wildman–Crippen MR) is 81.0 cm³/mol. The second-order valence-electron chi connectivity index (χ2n) is 6.04. The summed E-state index contributed by atoms with van der Waals surface area (Å²) in [5, 5.41) is 3.66. The molecule has 0 aliphatic rings. The fourth-order valence-electron chi connectivity index (χ4n) is 2.70. The average molecular weight is 257 g/mol. The van der Waals surface area contributed by atoms with Crippen molar-refractivity contribution in [2.75, 3.05) is 20.3 Å². The third-order valence-electron chi connectivity index (χ3n) is 4.40. The van der Waals surface area contributed by atoms with E-state index in [1.807, 2.05) is 0 Å². The van der Waals surface area contributed by atoms with E-state index < -0.39 is 0 Å². The number of rotatable bonds is 11. The van der Waals surface area contributed by atoms with Gasteiger partial charge in [-0.25, -0.2) is 0 Å². The zero-order valence-electron chi connectivity index (χ0n) is 13.5. The fraction of sp³-hybridized carbons (Fsp3) is 1.00. The summed E-state index contributed by atoms with van der Waals surface area (Å²) >= 11 is 0. The molecule has 0 aliphatic carbocycles. The quantitative estimate of drug-likeness (QED) is 0.597. The Morgan fingerprint density at radius 1 is 1.17 bits per heavy atom. The first-order chi connectivity index (χ1) is 8.52. The van der Waals surface area contributed by atoms with Crippen LogP contribution < -0.4 is 5.32 Å². The molecule has 0 heterocycles. The highest BCUT2D eigenvalue weighted by Crippen LogP contribution is 2.38. The molecule has 2 unspecified atom stereocenters. The molecule has 1 N–H and O–H groups in total. The molecule has 0 saturated heterocycles. The van der Waals surface area contributed by atoms with Crippen LogP contribution in [0.1, 0.15) is 66.7 Å². The van der Waals surface area contributed by atoms with Crippen molar-refractivity contribution in [3.8, 4) is 0 Å². The number of nitrogens with one attached hydrogen (secondary N) is 1. The van der Waals surface area contributed by atoms with E-state index in [1.54, 1.807) is 7.11 Å². The number of methoxy groups -OCH3 is 1. The van der Waals surface area contributed by atoms with Crippen LogP contribution in [0.2, 0.25) is 0 Å². The maximum atomic E-state index is 5.26. The molecule has 0 bridgehead atoms. The van der Waals surface area contributed by atoms with Crippen LogP contribution in [0.4, 0.5) is 0 Å². The van der Waals surface area contributed by atoms with Crippen LogP contribution in [0.5, 0.6) is 0 Å². The Balaban J connectivity index is 4.60. The smallest absolute Gasteiger partial charge is 0.0465 e. The monoisotopic (exact) mass is 257 g/mol. The standard InChI is InChI=1S/C16H35NO/c1-7-9-11-16(8-2,13-17-14(3)4)15(5)10-12-18-6/h14-15,17H,7-13H2,1-6H3. The van der Waals surface area contributed by atoms with Crippen molar-refractivity contribution in [3.05, 3.63) is 0 Å². The molecule has 0 spiro atoms. The SMILES string of the molecule is CCCCC(CC)(CNC(C)C)C(C)CCOC. The van der Waals surface area contributed by atoms with Crippen LogP contribution in [-0.2, 0) is 4.74 Å². The summed E-state index contributed by atoms with van der Waals surface area (Å²) in [5.41, 5.74) is 0.443. The molecule has 0 fully saturated rings. The molecule has 0 saturated carbocycles. The Bertz CT molecular complexity index is 194. The number of hydrogen-bond acceptors (Lipinski definition) is 2. The van der Waals surface area contributed by atoms with E-state index in [0.29, 0.717) is 11.5 Å². The van der Waals surface area contributed by atoms with E-state index in [0.717, 1.165) is 19.1 Å². The maximum Gasteiger partial charge on any atom is 0.0465 e. The Labute approximate surface area is 115 Å². The topological polar surface area (TPSA) is 21.3 Å². The number of hydrogen-bond donors (Lipinski definition) is 1. The second-order valence-corrected chi connectivity index (χ2v) is 6.04. The van der Waals surface area contributed by atoms with Gasteiger partial charge in [-0.05, 0) is 30.6 Å². The minimum atomic E-state index is 0.443. The van der Waals surface area contributed by atoms with Gasteiger partial charge in [-0.1, -0.05) is 47.5 Å². The van der Waals surface area contributed by atoms with Gasteiger partial charge in [-0.3, -0.25) is 0 Å². The normalized spacial score (nSPS) is 16.8. The highest BCUT2D eigenvalue weighted by atomic mass is 16.5. The van der Waals surface area contributed by atoms with Gasteiger partial charge in [-0.2, -0.15) is 0 Å². The molecule has 0 aliphatic heterocycles.